The summed E-state index contributed by atoms with van der Waals surface area (Å²) in [6, 6.07) is 13.7. The summed E-state index contributed by atoms with van der Waals surface area (Å²) in [5.74, 6) is -0.371. The van der Waals surface area contributed by atoms with Gasteiger partial charge in [-0.05, 0) is 55.3 Å². The molecule has 1 amide bonds. The van der Waals surface area contributed by atoms with E-state index in [9.17, 15) is 13.2 Å². The maximum atomic E-state index is 13.3. The number of pyridine rings is 2. The summed E-state index contributed by atoms with van der Waals surface area (Å²) >= 11 is 0. The summed E-state index contributed by atoms with van der Waals surface area (Å²) in [5, 5.41) is 4.64. The minimum absolute atomic E-state index is 0.0295. The van der Waals surface area contributed by atoms with Gasteiger partial charge >= 0.3 is 0 Å². The van der Waals surface area contributed by atoms with Gasteiger partial charge in [-0.3, -0.25) is 4.79 Å². The van der Waals surface area contributed by atoms with Crippen LogP contribution in [0.1, 0.15) is 23.3 Å². The number of hydrogen-bond donors (Lipinski definition) is 1. The summed E-state index contributed by atoms with van der Waals surface area (Å²) in [5.41, 5.74) is 1.26. The SMILES string of the molecule is COCC1CCCN1c1ccc(OC)c(S(=O)(=O)NC(=O)c2ccc3c(-n4cccn4)cccc3n2)n1. The first-order valence-corrected chi connectivity index (χ1v) is 13.2. The van der Waals surface area contributed by atoms with Gasteiger partial charge in [0.1, 0.15) is 11.5 Å². The molecular weight excluding hydrogens is 496 g/mol. The predicted octanol–water partition coefficient (Wildman–Crippen LogP) is 2.56. The van der Waals surface area contributed by atoms with Gasteiger partial charge in [-0.1, -0.05) is 6.07 Å². The third-order valence-corrected chi connectivity index (χ3v) is 7.49. The number of benzene rings is 1. The monoisotopic (exact) mass is 522 g/mol. The fraction of sp³-hybridized carbons (Fsp3) is 0.280. The lowest BCUT2D eigenvalue weighted by Crippen LogP contribution is -2.35. The smallest absolute Gasteiger partial charge is 0.285 e. The topological polar surface area (TPSA) is 129 Å². The molecule has 0 aliphatic carbocycles. The molecule has 1 unspecified atom stereocenters. The summed E-state index contributed by atoms with van der Waals surface area (Å²) in [6.07, 6.45) is 5.32. The van der Waals surface area contributed by atoms with E-state index in [1.165, 1.54) is 19.2 Å². The van der Waals surface area contributed by atoms with Crippen molar-refractivity contribution in [1.82, 2.24) is 24.5 Å². The third kappa shape index (κ3) is 4.85. The summed E-state index contributed by atoms with van der Waals surface area (Å²) in [4.78, 5) is 23.8. The highest BCUT2D eigenvalue weighted by Gasteiger charge is 2.30. The molecule has 3 aromatic heterocycles. The number of carbonyl (C=O) groups excluding carboxylic acids is 1. The average Bonchev–Trinajstić information content (AvgIpc) is 3.60. The number of ether oxygens (including phenoxy) is 2. The van der Waals surface area contributed by atoms with Gasteiger partial charge in [-0.25, -0.2) is 19.4 Å². The first kappa shape index (κ1) is 24.7. The number of fused-ring (bicyclic) bond motifs is 1. The molecular formula is C25H26N6O5S. The van der Waals surface area contributed by atoms with Crippen LogP contribution in [0.3, 0.4) is 0 Å². The molecule has 0 radical (unpaired) electrons. The van der Waals surface area contributed by atoms with Crippen LogP contribution < -0.4 is 14.4 Å². The van der Waals surface area contributed by atoms with Gasteiger partial charge < -0.3 is 14.4 Å². The minimum atomic E-state index is -4.38. The Hall–Kier alpha value is -4.03. The molecule has 1 aliphatic rings. The number of sulfonamides is 1. The summed E-state index contributed by atoms with van der Waals surface area (Å²) in [7, 11) is -1.40. The van der Waals surface area contributed by atoms with E-state index in [0.717, 1.165) is 30.5 Å². The first-order valence-electron chi connectivity index (χ1n) is 11.7. The number of amides is 1. The van der Waals surface area contributed by atoms with E-state index >= 15 is 0 Å². The zero-order valence-corrected chi connectivity index (χ0v) is 21.2. The maximum Gasteiger partial charge on any atom is 0.285 e. The van der Waals surface area contributed by atoms with Gasteiger partial charge in [0.2, 0.25) is 5.03 Å². The largest absolute Gasteiger partial charge is 0.494 e. The Bertz CT molecular complexity index is 1540. The number of nitrogens with one attached hydrogen (secondary N) is 1. The van der Waals surface area contributed by atoms with Crippen LogP contribution in [0.15, 0.2) is 66.0 Å². The number of hydrogen-bond acceptors (Lipinski definition) is 9. The van der Waals surface area contributed by atoms with Crippen LogP contribution in [0.25, 0.3) is 16.6 Å². The van der Waals surface area contributed by atoms with E-state index in [-0.39, 0.29) is 22.5 Å². The van der Waals surface area contributed by atoms with Crippen molar-refractivity contribution in [3.63, 3.8) is 0 Å². The second-order valence-corrected chi connectivity index (χ2v) is 10.1. The zero-order chi connectivity index (χ0) is 26.0. The van der Waals surface area contributed by atoms with Gasteiger partial charge in [-0.2, -0.15) is 13.5 Å². The number of anilines is 1. The van der Waals surface area contributed by atoms with E-state index in [1.807, 2.05) is 11.0 Å². The number of methoxy groups -OCH3 is 2. The van der Waals surface area contributed by atoms with Gasteiger partial charge in [0.15, 0.2) is 5.75 Å². The molecule has 0 spiro atoms. The van der Waals surface area contributed by atoms with E-state index in [0.29, 0.717) is 17.9 Å². The molecule has 37 heavy (non-hydrogen) atoms. The Morgan fingerprint density at radius 1 is 1.11 bits per heavy atom. The Balaban J connectivity index is 1.44. The van der Waals surface area contributed by atoms with Crippen molar-refractivity contribution in [2.75, 3.05) is 32.3 Å². The molecule has 11 nitrogen and oxygen atoms in total. The van der Waals surface area contributed by atoms with E-state index < -0.39 is 15.9 Å². The Labute approximate surface area is 214 Å². The summed E-state index contributed by atoms with van der Waals surface area (Å²) in [6.45, 7) is 1.23. The standard InChI is InChI=1S/C25H26N6O5S/c1-35-16-17-6-4-14-30(17)23-12-11-22(36-2)25(28-23)37(33,34)29-24(32)20-10-9-18-19(27-20)7-3-8-21(18)31-15-5-13-26-31/h3,5,7-13,15,17H,4,6,14,16H2,1-2H3,(H,29,32). The zero-order valence-electron chi connectivity index (χ0n) is 20.4. The highest BCUT2D eigenvalue weighted by Crippen LogP contribution is 2.30. The van der Waals surface area contributed by atoms with Crippen LogP contribution in [-0.4, -0.2) is 67.5 Å². The molecule has 12 heteroatoms. The molecule has 192 valence electrons. The predicted molar refractivity (Wildman–Crippen MR) is 137 cm³/mol. The number of nitrogens with zero attached hydrogens (tertiary/aromatic N) is 5. The maximum absolute atomic E-state index is 13.3. The van der Waals surface area contributed by atoms with Crippen LogP contribution in [0.5, 0.6) is 5.75 Å². The molecule has 1 aliphatic heterocycles. The Morgan fingerprint density at radius 2 is 1.97 bits per heavy atom. The number of aromatic nitrogens is 4. The van der Waals surface area contributed by atoms with Crippen LogP contribution in [0.4, 0.5) is 5.82 Å². The fourth-order valence-corrected chi connectivity index (χ4v) is 5.60. The molecule has 0 bridgehead atoms. The second-order valence-electron chi connectivity index (χ2n) is 8.55. The molecule has 0 saturated carbocycles. The van der Waals surface area contributed by atoms with Crippen molar-refractivity contribution in [3.05, 3.63) is 66.6 Å². The van der Waals surface area contributed by atoms with E-state index in [4.69, 9.17) is 9.47 Å². The molecule has 1 atom stereocenters. The lowest BCUT2D eigenvalue weighted by atomic mass is 10.1. The molecule has 4 heterocycles. The van der Waals surface area contributed by atoms with Crippen molar-refractivity contribution in [1.29, 1.82) is 0 Å². The molecule has 5 rings (SSSR count). The first-order chi connectivity index (χ1) is 17.9. The third-order valence-electron chi connectivity index (χ3n) is 6.24. The highest BCUT2D eigenvalue weighted by molar-refractivity contribution is 7.90. The molecule has 4 aromatic rings. The van der Waals surface area contributed by atoms with Crippen molar-refractivity contribution in [2.45, 2.75) is 23.9 Å². The summed E-state index contributed by atoms with van der Waals surface area (Å²) < 4.78 is 40.9. The van der Waals surface area contributed by atoms with Gasteiger partial charge in [0.05, 0.1) is 31.0 Å². The number of rotatable bonds is 8. The van der Waals surface area contributed by atoms with Gasteiger partial charge in [0.25, 0.3) is 15.9 Å². The van der Waals surface area contributed by atoms with E-state index in [1.54, 1.807) is 54.5 Å². The highest BCUT2D eigenvalue weighted by atomic mass is 32.2. The molecule has 1 saturated heterocycles. The minimum Gasteiger partial charge on any atom is -0.494 e. The normalized spacial score (nSPS) is 15.7. The molecule has 1 aromatic carbocycles. The van der Waals surface area contributed by atoms with Crippen LogP contribution >= 0.6 is 0 Å². The van der Waals surface area contributed by atoms with Crippen LogP contribution in [0.2, 0.25) is 0 Å². The quantitative estimate of drug-likeness (QED) is 0.371. The number of carbonyl (C=O) groups is 1. The lowest BCUT2D eigenvalue weighted by Gasteiger charge is -2.25. The molecule has 1 N–H and O–H groups in total. The van der Waals surface area contributed by atoms with Gasteiger partial charge in [-0.15, -0.1) is 0 Å². The average molecular weight is 523 g/mol. The molecule has 1 fully saturated rings. The lowest BCUT2D eigenvalue weighted by molar-refractivity contribution is 0.0977. The van der Waals surface area contributed by atoms with Crippen molar-refractivity contribution in [3.8, 4) is 11.4 Å². The van der Waals surface area contributed by atoms with Crippen LogP contribution in [-0.2, 0) is 14.8 Å². The van der Waals surface area contributed by atoms with E-state index in [2.05, 4.69) is 19.8 Å². The fourth-order valence-electron chi connectivity index (χ4n) is 4.53. The Morgan fingerprint density at radius 3 is 2.73 bits per heavy atom. The Kier molecular flexibility index (Phi) is 6.76. The van der Waals surface area contributed by atoms with Crippen LogP contribution in [0, 0.1) is 0 Å². The second kappa shape index (κ2) is 10.1. The van der Waals surface area contributed by atoms with Crippen molar-refractivity contribution < 1.29 is 22.7 Å². The van der Waals surface area contributed by atoms with Gasteiger partial charge in [0, 0.05) is 31.4 Å². The van der Waals surface area contributed by atoms with Crippen molar-refractivity contribution >= 4 is 32.7 Å². The van der Waals surface area contributed by atoms with Crippen molar-refractivity contribution in [2.24, 2.45) is 0 Å².